The minimum Gasteiger partial charge on any atom is -0.481 e. The van der Waals surface area contributed by atoms with Crippen LogP contribution in [0.4, 0.5) is 0 Å². The molecule has 0 saturated carbocycles. The highest BCUT2D eigenvalue weighted by atomic mass is 16.4. The Morgan fingerprint density at radius 1 is 1.07 bits per heavy atom. The molecule has 1 spiro atoms. The van der Waals surface area contributed by atoms with Gasteiger partial charge in [-0.25, -0.2) is 9.97 Å². The van der Waals surface area contributed by atoms with E-state index in [1.54, 1.807) is 6.20 Å². The van der Waals surface area contributed by atoms with Crippen molar-refractivity contribution in [1.82, 2.24) is 34.6 Å². The molecule has 2 aliphatic rings. The fourth-order valence-electron chi connectivity index (χ4n) is 7.17. The molecule has 0 amide bonds. The number of likely N-dealkylation sites (tertiary alicyclic amines) is 2. The van der Waals surface area contributed by atoms with E-state index in [0.717, 1.165) is 54.7 Å². The van der Waals surface area contributed by atoms with Crippen LogP contribution >= 0.6 is 0 Å². The highest BCUT2D eigenvalue weighted by molar-refractivity contribution is 5.70. The number of hydrogen-bond acceptors (Lipinski definition) is 6. The standard InChI is InChI=1S/C33H49N7O2/c1-3-28(4-2)39-18-10-33(11-19-39)9-17-38(25-33)15-6-16-40-20-14-34-30(40)23-29(32-35-12-13-36-32)37-24-27-8-5-7-26(21-27)22-31(41)42/h5,7-8,12-14,20-21,28-29,37H,3-4,6,9-11,15-19,22-25H2,1-2H3,(H,35,36)(H,41,42). The molecule has 5 rings (SSSR count). The number of H-pyrrole nitrogens is 1. The predicted octanol–water partition coefficient (Wildman–Crippen LogP) is 4.67. The molecule has 0 aliphatic carbocycles. The van der Waals surface area contributed by atoms with E-state index in [2.05, 4.69) is 49.7 Å². The highest BCUT2D eigenvalue weighted by Gasteiger charge is 2.40. The first-order valence-corrected chi connectivity index (χ1v) is 16.0. The average molecular weight is 576 g/mol. The largest absolute Gasteiger partial charge is 0.481 e. The molecule has 2 aliphatic heterocycles. The van der Waals surface area contributed by atoms with Crippen LogP contribution in [0.3, 0.4) is 0 Å². The van der Waals surface area contributed by atoms with Crippen molar-refractivity contribution in [2.45, 2.75) is 90.4 Å². The van der Waals surface area contributed by atoms with Gasteiger partial charge in [0.05, 0.1) is 12.5 Å². The number of aromatic amines is 1. The summed E-state index contributed by atoms with van der Waals surface area (Å²) in [5.74, 6) is 1.11. The fraction of sp³-hybridized carbons (Fsp3) is 0.606. The molecule has 9 heteroatoms. The van der Waals surface area contributed by atoms with Crippen LogP contribution in [0, 0.1) is 5.41 Å². The molecule has 1 unspecified atom stereocenters. The molecule has 2 saturated heterocycles. The number of rotatable bonds is 15. The molecular weight excluding hydrogens is 526 g/mol. The number of piperidine rings is 1. The summed E-state index contributed by atoms with van der Waals surface area (Å²) in [6.45, 7) is 12.4. The second kappa shape index (κ2) is 14.4. The van der Waals surface area contributed by atoms with Gasteiger partial charge in [0, 0.05) is 56.9 Å². The number of carboxylic acids is 1. The van der Waals surface area contributed by atoms with Gasteiger partial charge >= 0.3 is 5.97 Å². The topological polar surface area (TPSA) is 102 Å². The molecule has 4 heterocycles. The Morgan fingerprint density at radius 2 is 1.86 bits per heavy atom. The normalized spacial score (nSPS) is 18.3. The van der Waals surface area contributed by atoms with E-state index < -0.39 is 5.97 Å². The molecule has 2 fully saturated rings. The second-order valence-electron chi connectivity index (χ2n) is 12.4. The Hall–Kier alpha value is -3.01. The maximum atomic E-state index is 11.1. The smallest absolute Gasteiger partial charge is 0.307 e. The van der Waals surface area contributed by atoms with Gasteiger partial charge in [-0.3, -0.25) is 4.79 Å². The summed E-state index contributed by atoms with van der Waals surface area (Å²) in [6, 6.07) is 8.49. The van der Waals surface area contributed by atoms with Crippen molar-refractivity contribution in [3.8, 4) is 0 Å². The Kier molecular flexibility index (Phi) is 10.5. The zero-order valence-electron chi connectivity index (χ0n) is 25.5. The van der Waals surface area contributed by atoms with Crippen molar-refractivity contribution in [3.05, 3.63) is 71.8 Å². The summed E-state index contributed by atoms with van der Waals surface area (Å²) in [5, 5.41) is 12.8. The first kappa shape index (κ1) is 30.4. The zero-order chi connectivity index (χ0) is 29.4. The number of benzene rings is 1. The molecule has 9 nitrogen and oxygen atoms in total. The van der Waals surface area contributed by atoms with Crippen LogP contribution in [-0.2, 0) is 30.7 Å². The molecule has 42 heavy (non-hydrogen) atoms. The lowest BCUT2D eigenvalue weighted by atomic mass is 9.77. The van der Waals surface area contributed by atoms with Crippen molar-refractivity contribution >= 4 is 5.97 Å². The summed E-state index contributed by atoms with van der Waals surface area (Å²) in [4.78, 5) is 29.1. The van der Waals surface area contributed by atoms with Crippen LogP contribution in [0.1, 0.15) is 81.2 Å². The Bertz CT molecular complexity index is 1240. The molecule has 3 aromatic rings. The third-order valence-electron chi connectivity index (χ3n) is 9.65. The predicted molar refractivity (Wildman–Crippen MR) is 165 cm³/mol. The van der Waals surface area contributed by atoms with E-state index in [1.165, 1.54) is 58.3 Å². The maximum absolute atomic E-state index is 11.1. The molecule has 3 N–H and O–H groups in total. The number of aryl methyl sites for hydroxylation is 1. The summed E-state index contributed by atoms with van der Waals surface area (Å²) >= 11 is 0. The average Bonchev–Trinajstić information content (AvgIpc) is 3.75. The fourth-order valence-corrected chi connectivity index (χ4v) is 7.17. The minimum atomic E-state index is -0.817. The lowest BCUT2D eigenvalue weighted by molar-refractivity contribution is -0.136. The first-order chi connectivity index (χ1) is 20.5. The van der Waals surface area contributed by atoms with Crippen LogP contribution in [-0.4, -0.2) is 79.2 Å². The van der Waals surface area contributed by atoms with Crippen molar-refractivity contribution < 1.29 is 9.90 Å². The van der Waals surface area contributed by atoms with Gasteiger partial charge in [0.25, 0.3) is 0 Å². The Labute approximate surface area is 250 Å². The van der Waals surface area contributed by atoms with Crippen molar-refractivity contribution in [2.24, 2.45) is 5.41 Å². The van der Waals surface area contributed by atoms with Gasteiger partial charge < -0.3 is 29.8 Å². The molecule has 228 valence electrons. The lowest BCUT2D eigenvalue weighted by Gasteiger charge is -2.42. The molecule has 1 aromatic carbocycles. The van der Waals surface area contributed by atoms with Gasteiger partial charge in [-0.15, -0.1) is 0 Å². The maximum Gasteiger partial charge on any atom is 0.307 e. The van der Waals surface area contributed by atoms with Crippen LogP contribution in [0.2, 0.25) is 0 Å². The third kappa shape index (κ3) is 7.88. The summed E-state index contributed by atoms with van der Waals surface area (Å²) < 4.78 is 2.30. The quantitative estimate of drug-likeness (QED) is 0.242. The van der Waals surface area contributed by atoms with E-state index in [1.807, 2.05) is 36.7 Å². The first-order valence-electron chi connectivity index (χ1n) is 16.0. The molecule has 1 atom stereocenters. The monoisotopic (exact) mass is 575 g/mol. The highest BCUT2D eigenvalue weighted by Crippen LogP contribution is 2.41. The second-order valence-corrected chi connectivity index (χ2v) is 12.4. The van der Waals surface area contributed by atoms with E-state index in [9.17, 15) is 4.79 Å². The molecule has 0 bridgehead atoms. The lowest BCUT2D eigenvalue weighted by Crippen LogP contribution is -2.45. The summed E-state index contributed by atoms with van der Waals surface area (Å²) in [5.41, 5.74) is 2.40. The van der Waals surface area contributed by atoms with Crippen LogP contribution in [0.25, 0.3) is 0 Å². The van der Waals surface area contributed by atoms with Gasteiger partial charge in [0.1, 0.15) is 11.6 Å². The van der Waals surface area contributed by atoms with Gasteiger partial charge in [-0.05, 0) is 81.2 Å². The van der Waals surface area contributed by atoms with Gasteiger partial charge in [0.15, 0.2) is 0 Å². The minimum absolute atomic E-state index is 0.0300. The number of imidazole rings is 2. The number of nitrogens with one attached hydrogen (secondary N) is 2. The zero-order valence-corrected chi connectivity index (χ0v) is 25.5. The summed E-state index contributed by atoms with van der Waals surface area (Å²) in [6.07, 6.45) is 16.1. The van der Waals surface area contributed by atoms with Gasteiger partial charge in [0.2, 0.25) is 0 Å². The molecular formula is C33H49N7O2. The third-order valence-corrected chi connectivity index (χ3v) is 9.65. The number of aromatic nitrogens is 4. The number of nitrogens with zero attached hydrogens (tertiary/aromatic N) is 5. The van der Waals surface area contributed by atoms with E-state index >= 15 is 0 Å². The van der Waals surface area contributed by atoms with Gasteiger partial charge in [-0.2, -0.15) is 0 Å². The van der Waals surface area contributed by atoms with Crippen molar-refractivity contribution in [2.75, 3.05) is 32.7 Å². The van der Waals surface area contributed by atoms with Gasteiger partial charge in [-0.1, -0.05) is 38.1 Å². The summed E-state index contributed by atoms with van der Waals surface area (Å²) in [7, 11) is 0. The number of aliphatic carboxylic acids is 1. The van der Waals surface area contributed by atoms with Crippen LogP contribution in [0.5, 0.6) is 0 Å². The van der Waals surface area contributed by atoms with Crippen LogP contribution in [0.15, 0.2) is 49.1 Å². The number of hydrogen-bond donors (Lipinski definition) is 3. The Balaban J connectivity index is 1.12. The van der Waals surface area contributed by atoms with E-state index in [-0.39, 0.29) is 12.5 Å². The molecule has 2 aromatic heterocycles. The molecule has 0 radical (unpaired) electrons. The number of carbonyl (C=O) groups is 1. The van der Waals surface area contributed by atoms with E-state index in [4.69, 9.17) is 10.1 Å². The van der Waals surface area contributed by atoms with Crippen LogP contribution < -0.4 is 5.32 Å². The van der Waals surface area contributed by atoms with Crippen molar-refractivity contribution in [1.29, 1.82) is 0 Å². The SMILES string of the molecule is CCC(CC)N1CCC2(CCN(CCCn3ccnc3CC(NCc3cccc(CC(=O)O)c3)c3ncc[nH]3)C2)CC1. The Morgan fingerprint density at radius 3 is 2.60 bits per heavy atom. The van der Waals surface area contributed by atoms with E-state index in [0.29, 0.717) is 12.0 Å². The number of carboxylic acid groups (broad SMARTS) is 1. The van der Waals surface area contributed by atoms with Crippen molar-refractivity contribution in [3.63, 3.8) is 0 Å².